The maximum Gasteiger partial charge on any atom is 0.261 e. The molecule has 2 aliphatic rings. The molecular weight excluding hydrogens is 771 g/mol. The molecule has 0 radical (unpaired) electrons. The summed E-state index contributed by atoms with van der Waals surface area (Å²) in [5, 5.41) is 2.30. The lowest BCUT2D eigenvalue weighted by atomic mass is 9.87. The number of halogens is 4. The van der Waals surface area contributed by atoms with Crippen LogP contribution in [0.4, 0.5) is 29.1 Å². The summed E-state index contributed by atoms with van der Waals surface area (Å²) < 4.78 is 111. The molecule has 1 fully saturated rings. The van der Waals surface area contributed by atoms with Gasteiger partial charge in [-0.05, 0) is 42.7 Å². The van der Waals surface area contributed by atoms with Gasteiger partial charge in [0.05, 0.1) is 34.0 Å². The summed E-state index contributed by atoms with van der Waals surface area (Å²) in [4.78, 5) is 24.7. The smallest absolute Gasteiger partial charge is 0.261 e. The number of ether oxygens (including phenoxy) is 4. The molecule has 1 saturated heterocycles. The minimum atomic E-state index is -4.46. The lowest BCUT2D eigenvalue weighted by Gasteiger charge is -2.39. The number of piperidine rings is 1. The number of benzene rings is 2. The second-order valence-corrected chi connectivity index (χ2v) is 16.1. The number of nitrogens with zero attached hydrogens (tertiary/aromatic N) is 4. The highest BCUT2D eigenvalue weighted by Crippen LogP contribution is 2.41. The summed E-state index contributed by atoms with van der Waals surface area (Å²) in [7, 11) is 1.45. The Balaban J connectivity index is 1.37. The molecule has 2 aromatic heterocycles. The van der Waals surface area contributed by atoms with Crippen molar-refractivity contribution in [1.82, 2.24) is 14.3 Å². The third kappa shape index (κ3) is 8.73. The van der Waals surface area contributed by atoms with E-state index in [1.54, 1.807) is 48.2 Å². The molecule has 0 spiro atoms. The molecule has 57 heavy (non-hydrogen) atoms. The number of aromatic nitrogens is 2. The van der Waals surface area contributed by atoms with Crippen LogP contribution in [0.15, 0.2) is 59.8 Å². The van der Waals surface area contributed by atoms with Gasteiger partial charge in [-0.3, -0.25) is 4.79 Å². The highest BCUT2D eigenvalue weighted by Gasteiger charge is 2.43. The van der Waals surface area contributed by atoms with Crippen LogP contribution in [0.1, 0.15) is 58.1 Å². The van der Waals surface area contributed by atoms with Gasteiger partial charge in [-0.25, -0.2) is 35.9 Å². The summed E-state index contributed by atoms with van der Waals surface area (Å²) in [6.07, 6.45) is -0.339. The number of carbonyl (C=O) groups excluding carboxylic acids is 1. The van der Waals surface area contributed by atoms with E-state index in [1.807, 2.05) is 0 Å². The molecule has 1 aliphatic heterocycles. The minimum absolute atomic E-state index is 0.0320. The number of methoxy groups -OCH3 is 4. The molecule has 1 N–H and O–H groups in total. The number of rotatable bonds is 13. The first kappa shape index (κ1) is 41.5. The molecule has 0 saturated carbocycles. The third-order valence-electron chi connectivity index (χ3n) is 10.5. The first-order chi connectivity index (χ1) is 27.0. The molecule has 1 atom stereocenters. The van der Waals surface area contributed by atoms with Crippen molar-refractivity contribution in [2.75, 3.05) is 51.7 Å². The third-order valence-corrected chi connectivity index (χ3v) is 12.2. The lowest BCUT2D eigenvalue weighted by molar-refractivity contribution is -0.0652. The maximum absolute atomic E-state index is 14.7. The first-order valence-corrected chi connectivity index (χ1v) is 19.7. The van der Waals surface area contributed by atoms with E-state index in [0.29, 0.717) is 39.8 Å². The standard InChI is InChI=1S/C40H45F4N5O7S/c1-24-21-48(16-14-40(24,43)44)37-36(25(2)31-20-39(41,42)13-11-32(31)47-37)38(50)46-28-12-15-45-35(17-28)57(51,52)49(22-26-7-9-29(53-3)18-33(26)55-5)23-27-8-10-30(54-4)19-34(27)56-6/h7-10,12,15,17-19,24H,11,13-14,16,20-23H2,1-6H3,(H,45,46,50). The number of amides is 1. The van der Waals surface area contributed by atoms with E-state index in [4.69, 9.17) is 18.9 Å². The Morgan fingerprint density at radius 2 is 1.53 bits per heavy atom. The number of fused-ring (bicyclic) bond motifs is 1. The molecule has 12 nitrogen and oxygen atoms in total. The Bertz CT molecular complexity index is 2200. The van der Waals surface area contributed by atoms with E-state index in [0.717, 1.165) is 0 Å². The van der Waals surface area contributed by atoms with Crippen LogP contribution in [0.25, 0.3) is 0 Å². The van der Waals surface area contributed by atoms with E-state index in [2.05, 4.69) is 15.3 Å². The normalized spacial score (nSPS) is 17.5. The number of anilines is 2. The van der Waals surface area contributed by atoms with E-state index < -0.39 is 58.0 Å². The Morgan fingerprint density at radius 3 is 2.09 bits per heavy atom. The Hall–Kier alpha value is -5.16. The van der Waals surface area contributed by atoms with Gasteiger partial charge in [0, 0.05) is 98.3 Å². The molecule has 3 heterocycles. The van der Waals surface area contributed by atoms with Crippen LogP contribution in [0.3, 0.4) is 0 Å². The zero-order valence-electron chi connectivity index (χ0n) is 32.5. The summed E-state index contributed by atoms with van der Waals surface area (Å²) >= 11 is 0. The van der Waals surface area contributed by atoms with Crippen molar-refractivity contribution in [3.63, 3.8) is 0 Å². The van der Waals surface area contributed by atoms with Gasteiger partial charge in [0.1, 0.15) is 28.8 Å². The van der Waals surface area contributed by atoms with Crippen molar-refractivity contribution < 1.29 is 49.7 Å². The molecule has 2 aromatic carbocycles. The van der Waals surface area contributed by atoms with Gasteiger partial charge in [-0.1, -0.05) is 19.1 Å². The predicted molar refractivity (Wildman–Crippen MR) is 205 cm³/mol. The highest BCUT2D eigenvalue weighted by atomic mass is 32.2. The number of hydrogen-bond donors (Lipinski definition) is 1. The van der Waals surface area contributed by atoms with Crippen molar-refractivity contribution >= 4 is 27.4 Å². The first-order valence-electron chi connectivity index (χ1n) is 18.2. The van der Waals surface area contributed by atoms with Crippen LogP contribution in [0, 0.1) is 12.8 Å². The van der Waals surface area contributed by atoms with Crippen molar-refractivity contribution in [3.8, 4) is 23.0 Å². The summed E-state index contributed by atoms with van der Waals surface area (Å²) in [5.41, 5.74) is 1.89. The van der Waals surface area contributed by atoms with Gasteiger partial charge in [-0.15, -0.1) is 0 Å². The molecule has 6 rings (SSSR count). The summed E-state index contributed by atoms with van der Waals surface area (Å²) in [6, 6.07) is 12.6. The van der Waals surface area contributed by atoms with Gasteiger partial charge in [0.25, 0.3) is 27.8 Å². The topological polar surface area (TPSA) is 132 Å². The van der Waals surface area contributed by atoms with E-state index in [-0.39, 0.29) is 60.8 Å². The van der Waals surface area contributed by atoms with Crippen molar-refractivity contribution in [2.24, 2.45) is 5.92 Å². The summed E-state index contributed by atoms with van der Waals surface area (Å²) in [5.74, 6) is -5.89. The van der Waals surface area contributed by atoms with Crippen molar-refractivity contribution in [1.29, 1.82) is 0 Å². The quantitative estimate of drug-likeness (QED) is 0.140. The van der Waals surface area contributed by atoms with Crippen LogP contribution in [0.5, 0.6) is 23.0 Å². The number of sulfonamides is 1. The molecule has 0 bridgehead atoms. The van der Waals surface area contributed by atoms with E-state index >= 15 is 0 Å². The molecule has 4 aromatic rings. The maximum atomic E-state index is 14.7. The monoisotopic (exact) mass is 815 g/mol. The van der Waals surface area contributed by atoms with Crippen LogP contribution >= 0.6 is 0 Å². The Kier molecular flexibility index (Phi) is 11.9. The van der Waals surface area contributed by atoms with Crippen LogP contribution in [-0.2, 0) is 36.0 Å². The number of alkyl halides is 4. The summed E-state index contributed by atoms with van der Waals surface area (Å²) in [6.45, 7) is 2.39. The van der Waals surface area contributed by atoms with Crippen molar-refractivity contribution in [2.45, 2.75) is 69.5 Å². The zero-order valence-corrected chi connectivity index (χ0v) is 33.3. The van der Waals surface area contributed by atoms with Gasteiger partial charge in [0.15, 0.2) is 5.03 Å². The van der Waals surface area contributed by atoms with Gasteiger partial charge in [-0.2, -0.15) is 4.31 Å². The average molecular weight is 816 g/mol. The predicted octanol–water partition coefficient (Wildman–Crippen LogP) is 7.07. The number of hydrogen-bond acceptors (Lipinski definition) is 10. The molecule has 17 heteroatoms. The molecule has 1 aliphatic carbocycles. The Morgan fingerprint density at radius 1 is 0.912 bits per heavy atom. The average Bonchev–Trinajstić information content (AvgIpc) is 3.18. The minimum Gasteiger partial charge on any atom is -0.497 e. The number of aryl methyl sites for hydroxylation is 1. The Labute approximate surface area is 329 Å². The van der Waals surface area contributed by atoms with Gasteiger partial charge in [0.2, 0.25) is 0 Å². The van der Waals surface area contributed by atoms with Crippen LogP contribution < -0.4 is 29.2 Å². The lowest BCUT2D eigenvalue weighted by Crippen LogP contribution is -2.47. The fourth-order valence-electron chi connectivity index (χ4n) is 7.18. The number of carbonyl (C=O) groups is 1. The van der Waals surface area contributed by atoms with Gasteiger partial charge < -0.3 is 29.2 Å². The fourth-order valence-corrected chi connectivity index (χ4v) is 8.53. The van der Waals surface area contributed by atoms with Gasteiger partial charge >= 0.3 is 0 Å². The molecule has 306 valence electrons. The second kappa shape index (κ2) is 16.4. The van der Waals surface area contributed by atoms with Crippen LogP contribution in [-0.4, -0.2) is 82.0 Å². The van der Waals surface area contributed by atoms with E-state index in [1.165, 1.54) is 58.0 Å². The number of nitrogens with one attached hydrogen (secondary N) is 1. The SMILES string of the molecule is COc1ccc(CN(Cc2ccc(OC)cc2OC)S(=O)(=O)c2cc(NC(=O)c3c(N4CCC(F)(F)C(C)C4)nc4c(c3C)CC(F)(F)CC4)ccn2)c(OC)c1. The largest absolute Gasteiger partial charge is 0.497 e. The molecule has 1 unspecified atom stereocenters. The fraction of sp³-hybridized carbons (Fsp3) is 0.425. The molecule has 1 amide bonds. The van der Waals surface area contributed by atoms with Crippen molar-refractivity contribution in [3.05, 3.63) is 88.2 Å². The zero-order chi connectivity index (χ0) is 41.3. The number of pyridine rings is 2. The van der Waals surface area contributed by atoms with Crippen LogP contribution in [0.2, 0.25) is 0 Å². The van der Waals surface area contributed by atoms with E-state index in [9.17, 15) is 30.8 Å². The molecular formula is C40H45F4N5O7S. The highest BCUT2D eigenvalue weighted by molar-refractivity contribution is 7.89. The second-order valence-electron chi connectivity index (χ2n) is 14.2.